The third kappa shape index (κ3) is 2.56. The van der Waals surface area contributed by atoms with Gasteiger partial charge in [-0.3, -0.25) is 4.57 Å². The molecule has 0 saturated carbocycles. The molecular formula is C13H17ClN4O. The predicted molar refractivity (Wildman–Crippen MR) is 75.0 cm³/mol. The SMILES string of the molecule is CCn1ccn(-c2cc(C(C)(C)C)c(Cl)nn2)c1=O. The summed E-state index contributed by atoms with van der Waals surface area (Å²) in [6.45, 7) is 8.66. The molecule has 0 unspecified atom stereocenters. The van der Waals surface area contributed by atoms with Crippen molar-refractivity contribution in [2.75, 3.05) is 0 Å². The first-order chi connectivity index (χ1) is 8.84. The Morgan fingerprint density at radius 3 is 2.47 bits per heavy atom. The largest absolute Gasteiger partial charge is 0.333 e. The van der Waals surface area contributed by atoms with Gasteiger partial charge in [0, 0.05) is 24.5 Å². The summed E-state index contributed by atoms with van der Waals surface area (Å²) in [5, 5.41) is 8.32. The lowest BCUT2D eigenvalue weighted by Gasteiger charge is -2.19. The van der Waals surface area contributed by atoms with Crippen LogP contribution in [0.4, 0.5) is 0 Å². The van der Waals surface area contributed by atoms with Crippen LogP contribution in [0.2, 0.25) is 5.15 Å². The van der Waals surface area contributed by atoms with Crippen molar-refractivity contribution in [1.29, 1.82) is 0 Å². The second-order valence-corrected chi connectivity index (χ2v) is 5.75. The highest BCUT2D eigenvalue weighted by Gasteiger charge is 2.20. The van der Waals surface area contributed by atoms with E-state index >= 15 is 0 Å². The van der Waals surface area contributed by atoms with Crippen LogP contribution in [0.25, 0.3) is 5.82 Å². The lowest BCUT2D eigenvalue weighted by molar-refractivity contribution is 0.583. The summed E-state index contributed by atoms with van der Waals surface area (Å²) in [4.78, 5) is 12.1. The van der Waals surface area contributed by atoms with Gasteiger partial charge in [0.15, 0.2) is 11.0 Å². The average Bonchev–Trinajstić information content (AvgIpc) is 2.70. The van der Waals surface area contributed by atoms with E-state index in [1.807, 2.05) is 33.8 Å². The Morgan fingerprint density at radius 2 is 1.95 bits per heavy atom. The second kappa shape index (κ2) is 4.81. The molecule has 0 saturated heterocycles. The lowest BCUT2D eigenvalue weighted by atomic mass is 9.88. The zero-order valence-electron chi connectivity index (χ0n) is 11.5. The van der Waals surface area contributed by atoms with Gasteiger partial charge in [-0.05, 0) is 18.4 Å². The van der Waals surface area contributed by atoms with Crippen LogP contribution in [-0.2, 0) is 12.0 Å². The molecular weight excluding hydrogens is 264 g/mol. The number of nitrogens with zero attached hydrogens (tertiary/aromatic N) is 4. The Bertz CT molecular complexity index is 651. The van der Waals surface area contributed by atoms with Gasteiger partial charge in [0.25, 0.3) is 0 Å². The maximum absolute atomic E-state index is 12.1. The molecule has 2 heterocycles. The molecule has 19 heavy (non-hydrogen) atoms. The van der Waals surface area contributed by atoms with Gasteiger partial charge in [0.1, 0.15) is 0 Å². The van der Waals surface area contributed by atoms with Crippen LogP contribution in [-0.4, -0.2) is 19.3 Å². The molecule has 0 atom stereocenters. The van der Waals surface area contributed by atoms with E-state index in [9.17, 15) is 4.79 Å². The number of halogens is 1. The number of hydrogen-bond acceptors (Lipinski definition) is 3. The third-order valence-corrected chi connectivity index (χ3v) is 3.26. The summed E-state index contributed by atoms with van der Waals surface area (Å²) in [6.07, 6.45) is 3.42. The molecule has 0 N–H and O–H groups in total. The van der Waals surface area contributed by atoms with E-state index in [1.54, 1.807) is 17.0 Å². The minimum atomic E-state index is -0.154. The molecule has 0 amide bonds. The summed E-state index contributed by atoms with van der Waals surface area (Å²) >= 11 is 6.07. The zero-order valence-corrected chi connectivity index (χ0v) is 12.3. The summed E-state index contributed by atoms with van der Waals surface area (Å²) in [5.74, 6) is 0.492. The van der Waals surface area contributed by atoms with Crippen molar-refractivity contribution in [3.63, 3.8) is 0 Å². The molecule has 0 radical (unpaired) electrons. The highest BCUT2D eigenvalue weighted by atomic mass is 35.5. The monoisotopic (exact) mass is 280 g/mol. The van der Waals surface area contributed by atoms with E-state index in [4.69, 9.17) is 11.6 Å². The van der Waals surface area contributed by atoms with Gasteiger partial charge in [0.2, 0.25) is 0 Å². The molecule has 2 aromatic rings. The minimum Gasteiger partial charge on any atom is -0.299 e. The molecule has 0 bridgehead atoms. The molecule has 6 heteroatoms. The van der Waals surface area contributed by atoms with Crippen LogP contribution < -0.4 is 5.69 Å². The molecule has 0 aliphatic rings. The van der Waals surface area contributed by atoms with E-state index in [2.05, 4.69) is 10.2 Å². The molecule has 0 aliphatic carbocycles. The summed E-state index contributed by atoms with van der Waals surface area (Å²) in [5.41, 5.74) is 0.591. The number of rotatable bonds is 2. The first-order valence-electron chi connectivity index (χ1n) is 6.16. The topological polar surface area (TPSA) is 52.7 Å². The highest BCUT2D eigenvalue weighted by molar-refractivity contribution is 6.30. The molecule has 2 rings (SSSR count). The maximum Gasteiger partial charge on any atom is 0.333 e. The van der Waals surface area contributed by atoms with Crippen LogP contribution in [0, 0.1) is 0 Å². The zero-order chi connectivity index (χ0) is 14.2. The van der Waals surface area contributed by atoms with Gasteiger partial charge >= 0.3 is 5.69 Å². The van der Waals surface area contributed by atoms with E-state index in [1.165, 1.54) is 4.57 Å². The van der Waals surface area contributed by atoms with E-state index in [0.717, 1.165) is 5.56 Å². The maximum atomic E-state index is 12.1. The molecule has 102 valence electrons. The number of imidazole rings is 1. The predicted octanol–water partition coefficient (Wildman–Crippen LogP) is 2.40. The second-order valence-electron chi connectivity index (χ2n) is 5.39. The fourth-order valence-electron chi connectivity index (χ4n) is 1.84. The van der Waals surface area contributed by atoms with Crippen LogP contribution in [0.15, 0.2) is 23.3 Å². The number of aryl methyl sites for hydroxylation is 1. The Labute approximate surface area is 116 Å². The van der Waals surface area contributed by atoms with Gasteiger partial charge < -0.3 is 0 Å². The fraction of sp³-hybridized carbons (Fsp3) is 0.462. The van der Waals surface area contributed by atoms with Gasteiger partial charge in [-0.2, -0.15) is 0 Å². The number of hydrogen-bond donors (Lipinski definition) is 0. The van der Waals surface area contributed by atoms with Crippen molar-refractivity contribution in [2.24, 2.45) is 0 Å². The molecule has 0 aromatic carbocycles. The standard InChI is InChI=1S/C13H17ClN4O/c1-5-17-6-7-18(12(17)19)10-8-9(13(2,3)4)11(14)16-15-10/h6-8H,5H2,1-4H3. The summed E-state index contributed by atoms with van der Waals surface area (Å²) in [6, 6.07) is 1.82. The van der Waals surface area contributed by atoms with Gasteiger partial charge in [-0.15, -0.1) is 10.2 Å². The summed E-state index contributed by atoms with van der Waals surface area (Å²) in [7, 11) is 0. The molecule has 0 fully saturated rings. The van der Waals surface area contributed by atoms with Crippen LogP contribution in [0.1, 0.15) is 33.3 Å². The van der Waals surface area contributed by atoms with Crippen LogP contribution >= 0.6 is 11.6 Å². The lowest BCUT2D eigenvalue weighted by Crippen LogP contribution is -2.24. The molecule has 0 aliphatic heterocycles. The van der Waals surface area contributed by atoms with Gasteiger partial charge in [-0.25, -0.2) is 9.36 Å². The Hall–Kier alpha value is -1.62. The van der Waals surface area contributed by atoms with Crippen molar-refractivity contribution in [1.82, 2.24) is 19.3 Å². The first-order valence-corrected chi connectivity index (χ1v) is 6.54. The number of aromatic nitrogens is 4. The normalized spacial score (nSPS) is 11.8. The van der Waals surface area contributed by atoms with Gasteiger partial charge in [-0.1, -0.05) is 32.4 Å². The minimum absolute atomic E-state index is 0.126. The summed E-state index contributed by atoms with van der Waals surface area (Å²) < 4.78 is 3.08. The molecule has 0 spiro atoms. The smallest absolute Gasteiger partial charge is 0.299 e. The van der Waals surface area contributed by atoms with Crippen molar-refractivity contribution in [2.45, 2.75) is 39.7 Å². The Kier molecular flexibility index (Phi) is 3.49. The van der Waals surface area contributed by atoms with Crippen molar-refractivity contribution in [3.05, 3.63) is 39.7 Å². The Balaban J connectivity index is 2.58. The Morgan fingerprint density at radius 1 is 1.26 bits per heavy atom. The van der Waals surface area contributed by atoms with Crippen molar-refractivity contribution in [3.8, 4) is 5.82 Å². The van der Waals surface area contributed by atoms with Crippen LogP contribution in [0.3, 0.4) is 0 Å². The van der Waals surface area contributed by atoms with Crippen molar-refractivity contribution < 1.29 is 0 Å². The van der Waals surface area contributed by atoms with Gasteiger partial charge in [0.05, 0.1) is 0 Å². The quantitative estimate of drug-likeness (QED) is 0.849. The fourth-order valence-corrected chi connectivity index (χ4v) is 2.21. The average molecular weight is 281 g/mol. The van der Waals surface area contributed by atoms with E-state index < -0.39 is 0 Å². The molecule has 5 nitrogen and oxygen atoms in total. The van der Waals surface area contributed by atoms with E-state index in [0.29, 0.717) is 17.5 Å². The van der Waals surface area contributed by atoms with E-state index in [-0.39, 0.29) is 11.1 Å². The molecule has 2 aromatic heterocycles. The highest BCUT2D eigenvalue weighted by Crippen LogP contribution is 2.28. The third-order valence-electron chi connectivity index (χ3n) is 2.98. The van der Waals surface area contributed by atoms with Crippen molar-refractivity contribution >= 4 is 11.6 Å². The van der Waals surface area contributed by atoms with Crippen LogP contribution in [0.5, 0.6) is 0 Å². The first kappa shape index (κ1) is 13.8.